The van der Waals surface area contributed by atoms with Crippen LogP contribution in [0, 0.1) is 0 Å². The Morgan fingerprint density at radius 2 is 2.21 bits per heavy atom. The molecule has 0 saturated carbocycles. The van der Waals surface area contributed by atoms with Gasteiger partial charge in [-0.15, -0.1) is 0 Å². The number of hydrogen-bond acceptors (Lipinski definition) is 5. The molecule has 1 atom stereocenters. The summed E-state index contributed by atoms with van der Waals surface area (Å²) in [5.41, 5.74) is 2.82. The summed E-state index contributed by atoms with van der Waals surface area (Å²) in [6.07, 6.45) is 2.90. The van der Waals surface area contributed by atoms with Crippen LogP contribution in [0.5, 0.6) is 0 Å². The molecule has 3 N–H and O–H groups in total. The predicted octanol–water partition coefficient (Wildman–Crippen LogP) is 2.38. The average molecular weight is 282 g/mol. The lowest BCUT2D eigenvalue weighted by Gasteiger charge is -2.12. The van der Waals surface area contributed by atoms with Crippen molar-refractivity contribution in [2.24, 2.45) is 0 Å². The molecule has 104 valence electrons. The Kier molecular flexibility index (Phi) is 5.65. The molecule has 1 aromatic rings. The van der Waals surface area contributed by atoms with Gasteiger partial charge in [-0.3, -0.25) is 10.0 Å². The lowest BCUT2D eigenvalue weighted by molar-refractivity contribution is -0.129. The number of carbonyl (C=O) groups excluding carboxylic acids is 1. The SMILES string of the molecule is O=C(CCCCCOC1NSc2ccccc21)NO. The van der Waals surface area contributed by atoms with Crippen molar-refractivity contribution in [2.45, 2.75) is 36.8 Å². The molecular formula is C13H18N2O3S. The van der Waals surface area contributed by atoms with Crippen LogP contribution < -0.4 is 10.2 Å². The quantitative estimate of drug-likeness (QED) is 0.310. The van der Waals surface area contributed by atoms with Gasteiger partial charge in [-0.05, 0) is 30.9 Å². The van der Waals surface area contributed by atoms with Crippen LogP contribution in [0.15, 0.2) is 29.2 Å². The second-order valence-electron chi connectivity index (χ2n) is 4.35. The molecule has 0 bridgehead atoms. The first kappa shape index (κ1) is 14.3. The summed E-state index contributed by atoms with van der Waals surface area (Å²) >= 11 is 1.60. The molecule has 5 nitrogen and oxygen atoms in total. The van der Waals surface area contributed by atoms with Gasteiger partial charge in [-0.25, -0.2) is 10.2 Å². The molecule has 19 heavy (non-hydrogen) atoms. The first-order valence-corrected chi connectivity index (χ1v) is 7.19. The lowest BCUT2D eigenvalue weighted by atomic mass is 10.2. The number of fused-ring (bicyclic) bond motifs is 1. The van der Waals surface area contributed by atoms with E-state index in [1.54, 1.807) is 17.4 Å². The highest BCUT2D eigenvalue weighted by molar-refractivity contribution is 7.97. The summed E-state index contributed by atoms with van der Waals surface area (Å²) in [7, 11) is 0. The van der Waals surface area contributed by atoms with Crippen molar-refractivity contribution < 1.29 is 14.7 Å². The topological polar surface area (TPSA) is 70.6 Å². The molecule has 2 rings (SSSR count). The molecule has 1 aromatic carbocycles. The van der Waals surface area contributed by atoms with E-state index in [2.05, 4.69) is 16.9 Å². The summed E-state index contributed by atoms with van der Waals surface area (Å²) in [6.45, 7) is 0.660. The van der Waals surface area contributed by atoms with Crippen LogP contribution in [0.1, 0.15) is 37.5 Å². The van der Waals surface area contributed by atoms with Crippen LogP contribution in [0.25, 0.3) is 0 Å². The second-order valence-corrected chi connectivity index (χ2v) is 5.23. The van der Waals surface area contributed by atoms with Crippen molar-refractivity contribution in [2.75, 3.05) is 6.61 Å². The smallest absolute Gasteiger partial charge is 0.243 e. The average Bonchev–Trinajstić information content (AvgIpc) is 2.85. The van der Waals surface area contributed by atoms with E-state index in [4.69, 9.17) is 9.94 Å². The van der Waals surface area contributed by atoms with Gasteiger partial charge < -0.3 is 4.74 Å². The third kappa shape index (κ3) is 4.21. The van der Waals surface area contributed by atoms with E-state index >= 15 is 0 Å². The molecule has 1 unspecified atom stereocenters. The van der Waals surface area contributed by atoms with Crippen molar-refractivity contribution in [3.05, 3.63) is 29.8 Å². The van der Waals surface area contributed by atoms with E-state index in [0.717, 1.165) is 19.3 Å². The van der Waals surface area contributed by atoms with Crippen molar-refractivity contribution in [1.82, 2.24) is 10.2 Å². The van der Waals surface area contributed by atoms with Gasteiger partial charge >= 0.3 is 0 Å². The minimum absolute atomic E-state index is 0.0399. The minimum atomic E-state index is -0.330. The monoisotopic (exact) mass is 282 g/mol. The molecule has 1 aliphatic heterocycles. The normalized spacial score (nSPS) is 17.2. The summed E-state index contributed by atoms with van der Waals surface area (Å²) in [5.74, 6) is -0.330. The summed E-state index contributed by atoms with van der Waals surface area (Å²) in [5, 5.41) is 8.34. The van der Waals surface area contributed by atoms with Crippen LogP contribution in [0.2, 0.25) is 0 Å². The van der Waals surface area contributed by atoms with Crippen LogP contribution in [-0.4, -0.2) is 17.7 Å². The molecule has 1 heterocycles. The van der Waals surface area contributed by atoms with Crippen molar-refractivity contribution in [3.8, 4) is 0 Å². The zero-order valence-electron chi connectivity index (χ0n) is 10.6. The van der Waals surface area contributed by atoms with E-state index in [-0.39, 0.29) is 12.1 Å². The Bertz CT molecular complexity index is 428. The molecule has 0 aromatic heterocycles. The fourth-order valence-electron chi connectivity index (χ4n) is 1.92. The Morgan fingerprint density at radius 1 is 1.37 bits per heavy atom. The first-order valence-electron chi connectivity index (χ1n) is 6.37. The number of nitrogens with one attached hydrogen (secondary N) is 2. The molecule has 1 amide bonds. The predicted molar refractivity (Wildman–Crippen MR) is 72.5 cm³/mol. The standard InChI is InChI=1S/C13H18N2O3S/c16-12(14-17)8-2-1-5-9-18-13-10-6-3-4-7-11(10)19-15-13/h3-4,6-7,13,15,17H,1-2,5,8-9H2,(H,14,16). The summed E-state index contributed by atoms with van der Waals surface area (Å²) in [6, 6.07) is 8.17. The molecule has 0 fully saturated rings. The number of rotatable bonds is 7. The van der Waals surface area contributed by atoms with E-state index in [0.29, 0.717) is 13.0 Å². The summed E-state index contributed by atoms with van der Waals surface area (Å²) < 4.78 is 9.02. The van der Waals surface area contributed by atoms with Gasteiger partial charge in [-0.2, -0.15) is 0 Å². The Hall–Kier alpha value is -1.08. The number of hydrogen-bond donors (Lipinski definition) is 3. The van der Waals surface area contributed by atoms with Gasteiger partial charge in [0, 0.05) is 23.5 Å². The molecule has 6 heteroatoms. The van der Waals surface area contributed by atoms with E-state index in [1.165, 1.54) is 10.5 Å². The van der Waals surface area contributed by atoms with Gasteiger partial charge in [0.05, 0.1) is 0 Å². The second kappa shape index (κ2) is 7.49. The van der Waals surface area contributed by atoms with Crippen molar-refractivity contribution >= 4 is 17.9 Å². The Labute approximate surface area is 116 Å². The fraction of sp³-hybridized carbons (Fsp3) is 0.462. The maximum absolute atomic E-state index is 10.8. The highest BCUT2D eigenvalue weighted by Crippen LogP contribution is 2.35. The number of ether oxygens (including phenoxy) is 1. The maximum atomic E-state index is 10.8. The van der Waals surface area contributed by atoms with Crippen molar-refractivity contribution in [3.63, 3.8) is 0 Å². The van der Waals surface area contributed by atoms with Gasteiger partial charge in [0.25, 0.3) is 0 Å². The minimum Gasteiger partial charge on any atom is -0.358 e. The number of hydroxylamine groups is 1. The third-order valence-electron chi connectivity index (χ3n) is 2.93. The highest BCUT2D eigenvalue weighted by atomic mass is 32.2. The van der Waals surface area contributed by atoms with E-state index in [1.807, 2.05) is 12.1 Å². The number of amides is 1. The third-order valence-corrected chi connectivity index (χ3v) is 3.86. The Balaban J connectivity index is 1.61. The van der Waals surface area contributed by atoms with E-state index in [9.17, 15) is 4.79 Å². The Morgan fingerprint density at radius 3 is 3.05 bits per heavy atom. The number of carbonyl (C=O) groups is 1. The largest absolute Gasteiger partial charge is 0.358 e. The summed E-state index contributed by atoms with van der Waals surface area (Å²) in [4.78, 5) is 12.0. The fourth-order valence-corrected chi connectivity index (χ4v) is 2.78. The molecule has 0 saturated heterocycles. The van der Waals surface area contributed by atoms with Gasteiger partial charge in [0.2, 0.25) is 5.91 Å². The van der Waals surface area contributed by atoms with Crippen LogP contribution in [-0.2, 0) is 9.53 Å². The number of benzene rings is 1. The molecule has 0 aliphatic carbocycles. The van der Waals surface area contributed by atoms with Crippen LogP contribution in [0.3, 0.4) is 0 Å². The van der Waals surface area contributed by atoms with Gasteiger partial charge in [0.1, 0.15) is 6.23 Å². The number of unbranched alkanes of at least 4 members (excludes halogenated alkanes) is 2. The van der Waals surface area contributed by atoms with Gasteiger partial charge in [0.15, 0.2) is 0 Å². The zero-order valence-corrected chi connectivity index (χ0v) is 11.4. The van der Waals surface area contributed by atoms with Crippen molar-refractivity contribution in [1.29, 1.82) is 0 Å². The zero-order chi connectivity index (χ0) is 13.5. The van der Waals surface area contributed by atoms with E-state index < -0.39 is 0 Å². The molecule has 1 aliphatic rings. The first-order chi connectivity index (χ1) is 9.31. The maximum Gasteiger partial charge on any atom is 0.243 e. The van der Waals surface area contributed by atoms with Gasteiger partial charge in [-0.1, -0.05) is 24.6 Å². The lowest BCUT2D eigenvalue weighted by Crippen LogP contribution is -2.17. The molecule has 0 radical (unpaired) electrons. The highest BCUT2D eigenvalue weighted by Gasteiger charge is 2.22. The molecular weight excluding hydrogens is 264 g/mol. The van der Waals surface area contributed by atoms with Crippen LogP contribution >= 0.6 is 11.9 Å². The van der Waals surface area contributed by atoms with Crippen LogP contribution in [0.4, 0.5) is 0 Å². The molecule has 0 spiro atoms.